The molecule has 2 aromatic carbocycles. The van der Waals surface area contributed by atoms with Crippen LogP contribution < -0.4 is 9.62 Å². The van der Waals surface area contributed by atoms with Crippen LogP contribution in [0.15, 0.2) is 53.4 Å². The number of nitrogens with zero attached hydrogens (tertiary/aromatic N) is 1. The molecule has 0 aromatic heterocycles. The van der Waals surface area contributed by atoms with Crippen LogP contribution in [0.3, 0.4) is 0 Å². The van der Waals surface area contributed by atoms with Gasteiger partial charge in [-0.3, -0.25) is 9.10 Å². The molecule has 6 nitrogen and oxygen atoms in total. The van der Waals surface area contributed by atoms with E-state index in [2.05, 4.69) is 5.32 Å². The van der Waals surface area contributed by atoms with E-state index in [0.29, 0.717) is 18.8 Å². The quantitative estimate of drug-likeness (QED) is 0.773. The van der Waals surface area contributed by atoms with E-state index >= 15 is 0 Å². The van der Waals surface area contributed by atoms with Crippen molar-refractivity contribution < 1.29 is 17.9 Å². The summed E-state index contributed by atoms with van der Waals surface area (Å²) in [5.41, 5.74) is 2.33. The van der Waals surface area contributed by atoms with E-state index in [1.54, 1.807) is 24.3 Å². The van der Waals surface area contributed by atoms with Gasteiger partial charge < -0.3 is 10.1 Å². The van der Waals surface area contributed by atoms with Crippen molar-refractivity contribution in [3.8, 4) is 0 Å². The van der Waals surface area contributed by atoms with E-state index in [0.717, 1.165) is 24.0 Å². The molecule has 1 saturated heterocycles. The van der Waals surface area contributed by atoms with Gasteiger partial charge in [0.1, 0.15) is 6.54 Å². The molecule has 1 aliphatic heterocycles. The molecule has 1 amide bonds. The zero-order valence-electron chi connectivity index (χ0n) is 16.2. The molecule has 1 fully saturated rings. The van der Waals surface area contributed by atoms with Crippen molar-refractivity contribution in [2.24, 2.45) is 0 Å². The molecule has 3 rings (SSSR count). The normalized spacial score (nSPS) is 16.7. The maximum atomic E-state index is 13.3. The molecule has 1 heterocycles. The van der Waals surface area contributed by atoms with Gasteiger partial charge in [0, 0.05) is 13.2 Å². The van der Waals surface area contributed by atoms with E-state index < -0.39 is 10.0 Å². The first-order valence-corrected chi connectivity index (χ1v) is 10.9. The largest absolute Gasteiger partial charge is 0.376 e. The van der Waals surface area contributed by atoms with Crippen LogP contribution in [0.1, 0.15) is 24.0 Å². The van der Waals surface area contributed by atoms with Crippen molar-refractivity contribution in [1.82, 2.24) is 5.32 Å². The fraction of sp³-hybridized carbons (Fsp3) is 0.381. The smallest absolute Gasteiger partial charge is 0.264 e. The predicted molar refractivity (Wildman–Crippen MR) is 109 cm³/mol. The van der Waals surface area contributed by atoms with Gasteiger partial charge in [-0.1, -0.05) is 35.9 Å². The van der Waals surface area contributed by atoms with E-state index in [-0.39, 0.29) is 23.5 Å². The molecule has 0 bridgehead atoms. The number of amides is 1. The van der Waals surface area contributed by atoms with Crippen molar-refractivity contribution in [2.75, 3.05) is 24.0 Å². The Morgan fingerprint density at radius 1 is 1.18 bits per heavy atom. The number of hydrogen-bond donors (Lipinski definition) is 1. The Kier molecular flexibility index (Phi) is 6.36. The highest BCUT2D eigenvalue weighted by Gasteiger charge is 2.28. The molecule has 28 heavy (non-hydrogen) atoms. The fourth-order valence-electron chi connectivity index (χ4n) is 3.32. The summed E-state index contributed by atoms with van der Waals surface area (Å²) in [6.07, 6.45) is 1.89. The lowest BCUT2D eigenvalue weighted by molar-refractivity contribution is -0.120. The monoisotopic (exact) mass is 402 g/mol. The summed E-state index contributed by atoms with van der Waals surface area (Å²) in [4.78, 5) is 12.7. The third-order valence-electron chi connectivity index (χ3n) is 4.79. The molecular weight excluding hydrogens is 376 g/mol. The predicted octanol–water partition coefficient (Wildman–Crippen LogP) is 2.79. The van der Waals surface area contributed by atoms with Crippen molar-refractivity contribution in [3.63, 3.8) is 0 Å². The molecule has 1 atom stereocenters. The second-order valence-corrected chi connectivity index (χ2v) is 8.92. The van der Waals surface area contributed by atoms with Crippen LogP contribution in [0.25, 0.3) is 0 Å². The molecule has 7 heteroatoms. The Bertz CT molecular complexity index is 923. The highest BCUT2D eigenvalue weighted by molar-refractivity contribution is 7.92. The molecule has 0 radical (unpaired) electrons. The molecule has 150 valence electrons. The molecule has 2 aromatic rings. The summed E-state index contributed by atoms with van der Waals surface area (Å²) in [6.45, 7) is 4.61. The molecule has 0 unspecified atom stereocenters. The number of nitrogens with one attached hydrogen (secondary N) is 1. The molecule has 1 aliphatic rings. The summed E-state index contributed by atoms with van der Waals surface area (Å²) in [5, 5.41) is 2.81. The maximum Gasteiger partial charge on any atom is 0.264 e. The van der Waals surface area contributed by atoms with Crippen LogP contribution in [0.5, 0.6) is 0 Å². The second-order valence-electron chi connectivity index (χ2n) is 7.05. The van der Waals surface area contributed by atoms with Crippen LogP contribution in [0.4, 0.5) is 5.69 Å². The Hall–Kier alpha value is -2.38. The summed E-state index contributed by atoms with van der Waals surface area (Å²) >= 11 is 0. The van der Waals surface area contributed by atoms with E-state index in [9.17, 15) is 13.2 Å². The third-order valence-corrected chi connectivity index (χ3v) is 6.56. The van der Waals surface area contributed by atoms with Crippen molar-refractivity contribution in [2.45, 2.75) is 37.7 Å². The van der Waals surface area contributed by atoms with Gasteiger partial charge in [0.2, 0.25) is 5.91 Å². The average Bonchev–Trinajstić information content (AvgIpc) is 3.19. The Morgan fingerprint density at radius 2 is 1.93 bits per heavy atom. The van der Waals surface area contributed by atoms with Gasteiger partial charge in [-0.2, -0.15) is 0 Å². The third kappa shape index (κ3) is 4.72. The fourth-order valence-corrected chi connectivity index (χ4v) is 4.83. The standard InChI is InChI=1S/C21H26N2O4S/c1-16-10-11-20(17(2)13-16)23(28(25,26)19-8-4-3-5-9-19)15-21(24)22-14-18-7-6-12-27-18/h3-5,8-11,13,18H,6-7,12,14-15H2,1-2H3,(H,22,24)/t18-/m0/s1. The maximum absolute atomic E-state index is 13.3. The Morgan fingerprint density at radius 3 is 2.57 bits per heavy atom. The van der Waals surface area contributed by atoms with Crippen molar-refractivity contribution in [3.05, 3.63) is 59.7 Å². The SMILES string of the molecule is Cc1ccc(N(CC(=O)NC[C@@H]2CCCO2)S(=O)(=O)c2ccccc2)c(C)c1. The second kappa shape index (κ2) is 8.75. The summed E-state index contributed by atoms with van der Waals surface area (Å²) < 4.78 is 33.3. The molecular formula is C21H26N2O4S. The first kappa shape index (κ1) is 20.4. The first-order chi connectivity index (χ1) is 13.4. The van der Waals surface area contributed by atoms with Crippen LogP contribution in [-0.2, 0) is 19.6 Å². The van der Waals surface area contributed by atoms with Gasteiger partial charge in [-0.25, -0.2) is 8.42 Å². The average molecular weight is 403 g/mol. The van der Waals surface area contributed by atoms with Crippen molar-refractivity contribution >= 4 is 21.6 Å². The number of aryl methyl sites for hydroxylation is 2. The van der Waals surface area contributed by atoms with Gasteiger partial charge in [-0.05, 0) is 50.5 Å². The zero-order valence-corrected chi connectivity index (χ0v) is 17.0. The number of rotatable bonds is 7. The summed E-state index contributed by atoms with van der Waals surface area (Å²) in [7, 11) is -3.88. The number of sulfonamides is 1. The number of carbonyl (C=O) groups excluding carboxylic acids is 1. The lowest BCUT2D eigenvalue weighted by atomic mass is 10.1. The van der Waals surface area contributed by atoms with Crippen LogP contribution >= 0.6 is 0 Å². The summed E-state index contributed by atoms with van der Waals surface area (Å²) in [6, 6.07) is 13.7. The number of benzene rings is 2. The van der Waals surface area contributed by atoms with Crippen LogP contribution in [0.2, 0.25) is 0 Å². The van der Waals surface area contributed by atoms with Gasteiger partial charge in [0.15, 0.2) is 0 Å². The Labute approximate surface area is 166 Å². The lowest BCUT2D eigenvalue weighted by Gasteiger charge is -2.26. The zero-order chi connectivity index (χ0) is 20.1. The minimum absolute atomic E-state index is 0.00393. The van der Waals surface area contributed by atoms with Gasteiger partial charge in [0.05, 0.1) is 16.7 Å². The molecule has 1 N–H and O–H groups in total. The molecule has 0 saturated carbocycles. The van der Waals surface area contributed by atoms with Crippen molar-refractivity contribution in [1.29, 1.82) is 0 Å². The van der Waals surface area contributed by atoms with Gasteiger partial charge in [-0.15, -0.1) is 0 Å². The van der Waals surface area contributed by atoms with Gasteiger partial charge >= 0.3 is 0 Å². The van der Waals surface area contributed by atoms with E-state index in [4.69, 9.17) is 4.74 Å². The lowest BCUT2D eigenvalue weighted by Crippen LogP contribution is -2.43. The Balaban J connectivity index is 1.87. The van der Waals surface area contributed by atoms with E-state index in [1.807, 2.05) is 26.0 Å². The number of ether oxygens (including phenoxy) is 1. The van der Waals surface area contributed by atoms with Gasteiger partial charge in [0.25, 0.3) is 10.0 Å². The summed E-state index contributed by atoms with van der Waals surface area (Å²) in [5.74, 6) is -0.352. The topological polar surface area (TPSA) is 75.7 Å². The number of carbonyl (C=O) groups is 1. The number of hydrogen-bond acceptors (Lipinski definition) is 4. The molecule has 0 aliphatic carbocycles. The highest BCUT2D eigenvalue weighted by atomic mass is 32.2. The van der Waals surface area contributed by atoms with Crippen LogP contribution in [0, 0.1) is 13.8 Å². The van der Waals surface area contributed by atoms with E-state index in [1.165, 1.54) is 16.4 Å². The first-order valence-electron chi connectivity index (χ1n) is 9.41. The minimum Gasteiger partial charge on any atom is -0.376 e. The molecule has 0 spiro atoms. The minimum atomic E-state index is -3.88. The number of anilines is 1. The van der Waals surface area contributed by atoms with Crippen LogP contribution in [-0.4, -0.2) is 40.1 Å². The highest BCUT2D eigenvalue weighted by Crippen LogP contribution is 2.27.